The molecule has 1 heterocycles. The number of hydrogen-bond donors (Lipinski definition) is 1. The molecule has 0 saturated heterocycles. The van der Waals surface area contributed by atoms with Gasteiger partial charge in [-0.1, -0.05) is 25.4 Å². The van der Waals surface area contributed by atoms with Crippen molar-refractivity contribution < 1.29 is 14.3 Å². The molecule has 1 rings (SSSR count). The van der Waals surface area contributed by atoms with Gasteiger partial charge in [0, 0.05) is 10.6 Å². The predicted octanol–water partition coefficient (Wildman–Crippen LogP) is 3.23. The average molecular weight is 375 g/mol. The molecule has 23 heavy (non-hydrogen) atoms. The number of rotatable bonds is 8. The zero-order chi connectivity index (χ0) is 17.5. The molecule has 0 unspecified atom stereocenters. The smallest absolute Gasteiger partial charge is 0.316 e. The Labute approximate surface area is 149 Å². The summed E-state index contributed by atoms with van der Waals surface area (Å²) >= 11 is 8.69. The zero-order valence-electron chi connectivity index (χ0n) is 13.2. The predicted molar refractivity (Wildman–Crippen MR) is 93.4 cm³/mol. The summed E-state index contributed by atoms with van der Waals surface area (Å²) in [5.74, 6) is -0.177. The summed E-state index contributed by atoms with van der Waals surface area (Å²) in [6.45, 7) is 4.93. The van der Waals surface area contributed by atoms with Gasteiger partial charge < -0.3 is 10.1 Å². The molecular weight excluding hydrogens is 356 g/mol. The summed E-state index contributed by atoms with van der Waals surface area (Å²) < 4.78 is 5.63. The van der Waals surface area contributed by atoms with Crippen LogP contribution in [0.1, 0.15) is 25.6 Å². The molecule has 126 valence electrons. The van der Waals surface area contributed by atoms with E-state index in [0.29, 0.717) is 10.1 Å². The van der Waals surface area contributed by atoms with E-state index in [1.807, 2.05) is 26.0 Å². The number of nitriles is 1. The van der Waals surface area contributed by atoms with Gasteiger partial charge in [-0.15, -0.1) is 23.1 Å². The minimum atomic E-state index is -0.976. The highest BCUT2D eigenvalue weighted by atomic mass is 35.5. The molecule has 1 aromatic heterocycles. The first-order valence-electron chi connectivity index (χ1n) is 6.96. The third-order valence-corrected chi connectivity index (χ3v) is 5.61. The van der Waals surface area contributed by atoms with Gasteiger partial charge in [-0.25, -0.2) is 0 Å². The highest BCUT2D eigenvalue weighted by Crippen LogP contribution is 2.25. The number of thioether (sulfide) groups is 1. The fourth-order valence-electron chi connectivity index (χ4n) is 1.48. The molecule has 0 aliphatic rings. The van der Waals surface area contributed by atoms with Gasteiger partial charge in [-0.05, 0) is 25.0 Å². The normalized spacial score (nSPS) is 13.2. The topological polar surface area (TPSA) is 79.2 Å². The van der Waals surface area contributed by atoms with Crippen LogP contribution in [0, 0.1) is 17.2 Å². The van der Waals surface area contributed by atoms with Crippen LogP contribution in [0.25, 0.3) is 0 Å². The molecule has 1 aromatic rings. The molecule has 1 amide bonds. The van der Waals surface area contributed by atoms with E-state index in [0.717, 1.165) is 4.88 Å². The highest BCUT2D eigenvalue weighted by Gasteiger charge is 2.30. The summed E-state index contributed by atoms with van der Waals surface area (Å²) in [6.07, 6.45) is 0. The lowest BCUT2D eigenvalue weighted by molar-refractivity contribution is -0.146. The van der Waals surface area contributed by atoms with Crippen LogP contribution in [0.15, 0.2) is 12.1 Å². The lowest BCUT2D eigenvalue weighted by atomic mass is 9.90. The molecule has 0 bridgehead atoms. The molecule has 0 radical (unpaired) electrons. The van der Waals surface area contributed by atoms with E-state index in [-0.39, 0.29) is 18.3 Å². The number of carbonyl (C=O) groups excluding carboxylic acids is 2. The standard InChI is InChI=1S/C15H19ClN2O3S2/c1-10(2)15(3,9-17)18-13(19)6-21-14(20)8-22-7-11-4-5-12(16)23-11/h4-5,10H,6-8H2,1-3H3,(H,18,19)/t15-/m0/s1. The number of nitrogens with zero attached hydrogens (tertiary/aromatic N) is 1. The summed E-state index contributed by atoms with van der Waals surface area (Å²) in [5.41, 5.74) is -0.976. The van der Waals surface area contributed by atoms with Gasteiger partial charge in [-0.2, -0.15) is 5.26 Å². The van der Waals surface area contributed by atoms with Crippen molar-refractivity contribution >= 4 is 46.6 Å². The molecule has 1 atom stereocenters. The van der Waals surface area contributed by atoms with E-state index in [4.69, 9.17) is 21.6 Å². The van der Waals surface area contributed by atoms with Crippen LogP contribution in [0.5, 0.6) is 0 Å². The molecule has 0 saturated carbocycles. The Morgan fingerprint density at radius 3 is 2.74 bits per heavy atom. The van der Waals surface area contributed by atoms with Crippen molar-refractivity contribution in [1.29, 1.82) is 5.26 Å². The third-order valence-electron chi connectivity index (χ3n) is 3.24. The van der Waals surface area contributed by atoms with E-state index in [1.54, 1.807) is 6.92 Å². The van der Waals surface area contributed by atoms with Crippen LogP contribution in [0.4, 0.5) is 0 Å². The molecule has 0 fully saturated rings. The van der Waals surface area contributed by atoms with Crippen molar-refractivity contribution in [2.45, 2.75) is 32.1 Å². The largest absolute Gasteiger partial charge is 0.455 e. The van der Waals surface area contributed by atoms with Gasteiger partial charge in [0.2, 0.25) is 0 Å². The zero-order valence-corrected chi connectivity index (χ0v) is 15.6. The van der Waals surface area contributed by atoms with Gasteiger partial charge >= 0.3 is 5.97 Å². The maximum atomic E-state index is 11.8. The minimum absolute atomic E-state index is 0.0553. The van der Waals surface area contributed by atoms with Crippen molar-refractivity contribution in [3.8, 4) is 6.07 Å². The molecule has 0 aromatic carbocycles. The van der Waals surface area contributed by atoms with Gasteiger partial charge in [-0.3, -0.25) is 9.59 Å². The van der Waals surface area contributed by atoms with Gasteiger partial charge in [0.05, 0.1) is 16.2 Å². The number of amides is 1. The fraction of sp³-hybridized carbons (Fsp3) is 0.533. The van der Waals surface area contributed by atoms with E-state index in [1.165, 1.54) is 23.1 Å². The second-order valence-electron chi connectivity index (χ2n) is 5.38. The van der Waals surface area contributed by atoms with Crippen molar-refractivity contribution in [3.63, 3.8) is 0 Å². The first-order chi connectivity index (χ1) is 10.8. The molecule has 8 heteroatoms. The quantitative estimate of drug-likeness (QED) is 0.706. The number of nitrogens with one attached hydrogen (secondary N) is 1. The van der Waals surface area contributed by atoms with E-state index in [2.05, 4.69) is 11.4 Å². The van der Waals surface area contributed by atoms with E-state index in [9.17, 15) is 9.59 Å². The Morgan fingerprint density at radius 2 is 2.22 bits per heavy atom. The molecule has 0 aliphatic heterocycles. The second-order valence-corrected chi connectivity index (χ2v) is 8.16. The average Bonchev–Trinajstić information content (AvgIpc) is 2.90. The molecule has 0 spiro atoms. The minimum Gasteiger partial charge on any atom is -0.455 e. The van der Waals surface area contributed by atoms with Gasteiger partial charge in [0.15, 0.2) is 6.61 Å². The summed E-state index contributed by atoms with van der Waals surface area (Å²) in [6, 6.07) is 5.79. The lowest BCUT2D eigenvalue weighted by Gasteiger charge is -2.27. The van der Waals surface area contributed by atoms with Crippen LogP contribution in [-0.2, 0) is 20.1 Å². The number of esters is 1. The molecule has 1 N–H and O–H groups in total. The van der Waals surface area contributed by atoms with Crippen molar-refractivity contribution in [1.82, 2.24) is 5.32 Å². The van der Waals surface area contributed by atoms with Crippen molar-refractivity contribution in [3.05, 3.63) is 21.3 Å². The number of carbonyl (C=O) groups is 2. The van der Waals surface area contributed by atoms with Gasteiger partial charge in [0.25, 0.3) is 5.91 Å². The van der Waals surface area contributed by atoms with Crippen LogP contribution in [-0.4, -0.2) is 29.8 Å². The lowest BCUT2D eigenvalue weighted by Crippen LogP contribution is -2.50. The Balaban J connectivity index is 2.27. The number of ether oxygens (including phenoxy) is 1. The first kappa shape index (κ1) is 19.8. The Hall–Kier alpha value is -1.23. The highest BCUT2D eigenvalue weighted by molar-refractivity contribution is 7.99. The maximum Gasteiger partial charge on any atom is 0.316 e. The SMILES string of the molecule is CC(C)[C@](C)(C#N)NC(=O)COC(=O)CSCc1ccc(Cl)s1. The number of hydrogen-bond acceptors (Lipinski definition) is 6. The first-order valence-corrected chi connectivity index (χ1v) is 9.31. The second kappa shape index (κ2) is 9.16. The van der Waals surface area contributed by atoms with E-state index >= 15 is 0 Å². The van der Waals surface area contributed by atoms with Gasteiger partial charge in [0.1, 0.15) is 5.54 Å². The number of thiophene rings is 1. The fourth-order valence-corrected chi connectivity index (χ4v) is 3.50. The van der Waals surface area contributed by atoms with Crippen molar-refractivity contribution in [2.24, 2.45) is 5.92 Å². The van der Waals surface area contributed by atoms with E-state index < -0.39 is 17.4 Å². The summed E-state index contributed by atoms with van der Waals surface area (Å²) in [4.78, 5) is 24.4. The monoisotopic (exact) mass is 374 g/mol. The third kappa shape index (κ3) is 6.81. The summed E-state index contributed by atoms with van der Waals surface area (Å²) in [7, 11) is 0. The summed E-state index contributed by atoms with van der Waals surface area (Å²) in [5, 5.41) is 11.7. The van der Waals surface area contributed by atoms with Crippen LogP contribution < -0.4 is 5.32 Å². The molecular formula is C15H19ClN2O3S2. The Bertz CT molecular complexity index is 598. The molecule has 5 nitrogen and oxygen atoms in total. The molecule has 0 aliphatic carbocycles. The Kier molecular flexibility index (Phi) is 7.89. The Morgan fingerprint density at radius 1 is 1.52 bits per heavy atom. The van der Waals surface area contributed by atoms with Crippen LogP contribution >= 0.6 is 34.7 Å². The maximum absolute atomic E-state index is 11.8. The van der Waals surface area contributed by atoms with Crippen molar-refractivity contribution in [2.75, 3.05) is 12.4 Å². The van der Waals surface area contributed by atoms with Crippen LogP contribution in [0.2, 0.25) is 4.34 Å². The number of halogens is 1. The van der Waals surface area contributed by atoms with Crippen LogP contribution in [0.3, 0.4) is 0 Å².